The van der Waals surface area contributed by atoms with E-state index in [0.717, 1.165) is 60.2 Å². The molecule has 2 amide bonds. The molecular weight excluding hydrogens is 1100 g/mol. The molecule has 6 aromatic rings. The van der Waals surface area contributed by atoms with Crippen molar-refractivity contribution in [3.63, 3.8) is 0 Å². The lowest BCUT2D eigenvalue weighted by Crippen LogP contribution is -2.37. The van der Waals surface area contributed by atoms with Crippen molar-refractivity contribution in [2.45, 2.75) is 121 Å². The van der Waals surface area contributed by atoms with Gasteiger partial charge in [-0.1, -0.05) is 79.6 Å². The fraction of sp³-hybridized carbons (Fsp3) is 0.387. The van der Waals surface area contributed by atoms with Gasteiger partial charge in [-0.3, -0.25) is 39.3 Å². The minimum Gasteiger partial charge on any atom is -0.493 e. The molecule has 0 unspecified atom stereocenters. The van der Waals surface area contributed by atoms with Crippen LogP contribution in [-0.2, 0) is 39.3 Å². The molecule has 2 N–H and O–H groups in total. The third-order valence-corrected chi connectivity index (χ3v) is 19.5. The number of hydrogen-bond acceptors (Lipinski definition) is 17. The van der Waals surface area contributed by atoms with E-state index >= 15 is 0 Å². The van der Waals surface area contributed by atoms with Gasteiger partial charge < -0.3 is 33.9 Å². The van der Waals surface area contributed by atoms with Crippen LogP contribution < -0.4 is 33.5 Å². The van der Waals surface area contributed by atoms with Gasteiger partial charge >= 0.3 is 0 Å². The number of aromatic nitrogens is 2. The SMILES string of the molecule is COc1cc2c(cc1OCc1cc(OCCCC(C)(C)SSC)cc(COc3cc4c(cc3C)C(=O)N3c5ccccc5C[C@H]3C=N4)n1)N=C[C@@H]1Cc3ccccc3N1C2=O.CSSC(C)(C)CCCOc1cc(CO)nc(CO)c1. The van der Waals surface area contributed by atoms with Crippen molar-refractivity contribution < 1.29 is 43.5 Å². The zero-order valence-corrected chi connectivity index (χ0v) is 50.4. The molecule has 0 saturated heterocycles. The first-order chi connectivity index (χ1) is 39.1. The van der Waals surface area contributed by atoms with Crippen molar-refractivity contribution in [2.75, 3.05) is 42.6 Å². The number of fused-ring (bicyclic) bond motifs is 8. The second kappa shape index (κ2) is 26.8. The Morgan fingerprint density at radius 3 is 1.51 bits per heavy atom. The van der Waals surface area contributed by atoms with Crippen LogP contribution in [0.3, 0.4) is 0 Å². The van der Waals surface area contributed by atoms with Crippen LogP contribution in [0, 0.1) is 6.92 Å². The number of aliphatic hydroxyl groups excluding tert-OH is 2. The molecule has 4 aliphatic rings. The number of pyridine rings is 2. The van der Waals surface area contributed by atoms with Crippen molar-refractivity contribution >= 4 is 90.2 Å². The monoisotopic (exact) mass is 1170 g/mol. The first-order valence-corrected chi connectivity index (χ1v) is 32.2. The topological polar surface area (TPSA) is 178 Å². The molecule has 6 heterocycles. The molecule has 0 radical (unpaired) electrons. The molecule has 0 saturated carbocycles. The van der Waals surface area contributed by atoms with Gasteiger partial charge in [0.2, 0.25) is 0 Å². The van der Waals surface area contributed by atoms with Gasteiger partial charge in [-0.05, 0) is 114 Å². The fourth-order valence-electron chi connectivity index (χ4n) is 10.3. The lowest BCUT2D eigenvalue weighted by atomic mass is 10.1. The minimum absolute atomic E-state index is 0.0701. The number of rotatable bonds is 23. The zero-order valence-electron chi connectivity index (χ0n) is 47.1. The van der Waals surface area contributed by atoms with Gasteiger partial charge in [-0.15, -0.1) is 0 Å². The average Bonchev–Trinajstić information content (AvgIpc) is 3.80. The number of aliphatic hydroxyl groups is 2. The number of ether oxygens (including phenoxy) is 5. The van der Waals surface area contributed by atoms with Crippen LogP contribution in [0.2, 0.25) is 0 Å². The molecule has 2 atom stereocenters. The van der Waals surface area contributed by atoms with Crippen molar-refractivity contribution in [3.8, 4) is 28.7 Å². The van der Waals surface area contributed by atoms with Crippen molar-refractivity contribution in [1.82, 2.24) is 9.97 Å². The molecule has 2 aromatic heterocycles. The summed E-state index contributed by atoms with van der Waals surface area (Å²) >= 11 is 0. The van der Waals surface area contributed by atoms with E-state index in [4.69, 9.17) is 48.9 Å². The molecule has 0 spiro atoms. The van der Waals surface area contributed by atoms with E-state index in [2.05, 4.69) is 57.3 Å². The normalized spacial score (nSPS) is 15.8. The van der Waals surface area contributed by atoms with Crippen LogP contribution in [0.5, 0.6) is 28.7 Å². The highest BCUT2D eigenvalue weighted by molar-refractivity contribution is 8.77. The molecule has 4 aromatic carbocycles. The van der Waals surface area contributed by atoms with E-state index in [-0.39, 0.29) is 59.8 Å². The third-order valence-electron chi connectivity index (χ3n) is 14.2. The number of amides is 2. The Labute approximate surface area is 490 Å². The van der Waals surface area contributed by atoms with Gasteiger partial charge in [-0.2, -0.15) is 0 Å². The van der Waals surface area contributed by atoms with Crippen LogP contribution in [0.15, 0.2) is 107 Å². The number of methoxy groups -OCH3 is 1. The summed E-state index contributed by atoms with van der Waals surface area (Å²) in [6.07, 6.45) is 13.3. The van der Waals surface area contributed by atoms with Gasteiger partial charge in [-0.25, -0.2) is 0 Å². The Bertz CT molecular complexity index is 3280. The van der Waals surface area contributed by atoms with Crippen molar-refractivity contribution in [1.29, 1.82) is 0 Å². The molecular formula is C62H70N6O9S4. The first-order valence-electron chi connectivity index (χ1n) is 27.0. The van der Waals surface area contributed by atoms with E-state index in [9.17, 15) is 9.59 Å². The predicted molar refractivity (Wildman–Crippen MR) is 331 cm³/mol. The minimum atomic E-state index is -0.170. The molecule has 0 aliphatic carbocycles. The summed E-state index contributed by atoms with van der Waals surface area (Å²) in [5.41, 5.74) is 9.29. The van der Waals surface area contributed by atoms with Gasteiger partial charge in [0, 0.05) is 82.5 Å². The number of anilines is 2. The Hall–Kier alpha value is -6.22. The lowest BCUT2D eigenvalue weighted by molar-refractivity contribution is 0.0979. The van der Waals surface area contributed by atoms with Crippen molar-refractivity contribution in [3.05, 3.63) is 148 Å². The highest BCUT2D eigenvalue weighted by atomic mass is 33.1. The number of aliphatic imine (C=N–C) groups is 2. The van der Waals surface area contributed by atoms with Gasteiger partial charge in [0.1, 0.15) is 30.5 Å². The molecule has 4 aliphatic heterocycles. The summed E-state index contributed by atoms with van der Waals surface area (Å²) in [6, 6.07) is 30.1. The first kappa shape index (κ1) is 59.4. The second-order valence-electron chi connectivity index (χ2n) is 21.3. The van der Waals surface area contributed by atoms with E-state index < -0.39 is 0 Å². The van der Waals surface area contributed by atoms with Crippen LogP contribution in [0.1, 0.15) is 114 Å². The molecule has 15 nitrogen and oxygen atoms in total. The maximum atomic E-state index is 14.0. The van der Waals surface area contributed by atoms with Crippen LogP contribution in [0.4, 0.5) is 22.7 Å². The molecule has 0 fully saturated rings. The quantitative estimate of drug-likeness (QED) is 0.0457. The van der Waals surface area contributed by atoms with E-state index in [1.54, 1.807) is 53.0 Å². The zero-order chi connectivity index (χ0) is 57.3. The molecule has 81 heavy (non-hydrogen) atoms. The average molecular weight is 1170 g/mol. The maximum Gasteiger partial charge on any atom is 0.261 e. The van der Waals surface area contributed by atoms with Gasteiger partial charge in [0.25, 0.3) is 11.8 Å². The number of carbonyl (C=O) groups is 2. The highest BCUT2D eigenvalue weighted by Gasteiger charge is 2.38. The van der Waals surface area contributed by atoms with Crippen LogP contribution >= 0.6 is 43.2 Å². The van der Waals surface area contributed by atoms with Crippen molar-refractivity contribution in [2.24, 2.45) is 9.98 Å². The fourth-order valence-corrected chi connectivity index (χ4v) is 14.9. The van der Waals surface area contributed by atoms with E-state index in [1.807, 2.05) is 111 Å². The van der Waals surface area contributed by atoms with E-state index in [1.165, 1.54) is 0 Å². The largest absolute Gasteiger partial charge is 0.493 e. The number of benzene rings is 4. The summed E-state index contributed by atoms with van der Waals surface area (Å²) < 4.78 is 31.0. The number of aryl methyl sites for hydroxylation is 1. The lowest BCUT2D eigenvalue weighted by Gasteiger charge is -2.22. The van der Waals surface area contributed by atoms with Crippen LogP contribution in [-0.4, -0.2) is 98.8 Å². The second-order valence-corrected chi connectivity index (χ2v) is 27.5. The summed E-state index contributed by atoms with van der Waals surface area (Å²) in [4.78, 5) is 50.1. The smallest absolute Gasteiger partial charge is 0.261 e. The van der Waals surface area contributed by atoms with Crippen LogP contribution in [0.25, 0.3) is 0 Å². The standard InChI is InChI=1S/C48H47N5O6S2.C14H23NO3S2/c1-29-17-37-39(49-25-34-18-30-11-6-8-13-41(30)52(34)46(37)54)23-43(29)58-27-32-20-36(57-16-10-15-48(2,3)61-60-5)21-33(51-32)28-59-45-24-40-38(22-44(45)56-4)47(55)53-35(26-50-40)19-31-12-7-9-14-42(31)53;1-14(2,20-19-3)5-4-6-18-13-7-11(9-16)15-12(8-13)10-17/h6-9,11-14,17,20-26,34-35H,10,15-16,18-19,27-28H2,1-5H3;7-8,16-17H,4-6,9-10H2,1-3H3/t34-,35-;/m0./s1. The number of carbonyl (C=O) groups excluding carboxylic acids is 2. The Morgan fingerprint density at radius 1 is 0.580 bits per heavy atom. The van der Waals surface area contributed by atoms with E-state index in [0.29, 0.717) is 93.7 Å². The summed E-state index contributed by atoms with van der Waals surface area (Å²) in [7, 11) is 8.86. The summed E-state index contributed by atoms with van der Waals surface area (Å²) in [6.45, 7) is 12.0. The highest BCUT2D eigenvalue weighted by Crippen LogP contribution is 2.43. The third kappa shape index (κ3) is 14.5. The maximum absolute atomic E-state index is 14.0. The molecule has 426 valence electrons. The Kier molecular flexibility index (Phi) is 19.6. The summed E-state index contributed by atoms with van der Waals surface area (Å²) in [5.74, 6) is 2.57. The molecule has 10 rings (SSSR count). The van der Waals surface area contributed by atoms with Gasteiger partial charge in [0.15, 0.2) is 11.5 Å². The number of para-hydroxylation sites is 2. The van der Waals surface area contributed by atoms with Gasteiger partial charge in [0.05, 0.1) is 90.9 Å². The number of nitrogens with zero attached hydrogens (tertiary/aromatic N) is 6. The molecule has 19 heteroatoms. The summed E-state index contributed by atoms with van der Waals surface area (Å²) in [5, 5.41) is 18.2. The predicted octanol–water partition coefficient (Wildman–Crippen LogP) is 13.1. The number of hydrogen-bond donors (Lipinski definition) is 2. The Morgan fingerprint density at radius 2 is 1.02 bits per heavy atom. The Balaban J connectivity index is 0.000000336. The molecule has 0 bridgehead atoms.